The molecule has 2 bridgehead atoms. The van der Waals surface area contributed by atoms with Crippen molar-refractivity contribution >= 4 is 15.7 Å². The monoisotopic (exact) mass is 417 g/mol. The van der Waals surface area contributed by atoms with Gasteiger partial charge in [0.1, 0.15) is 0 Å². The van der Waals surface area contributed by atoms with Gasteiger partial charge < -0.3 is 5.32 Å². The summed E-state index contributed by atoms with van der Waals surface area (Å²) < 4.78 is 37.1. The molecule has 0 spiro atoms. The third-order valence-electron chi connectivity index (χ3n) is 5.98. The SMILES string of the molecule is CS(=O)(=O)c1ccc(CN2CC3CCC(C2)C3NC(=O)c2ccncc2F)cc1. The maximum atomic E-state index is 13.8. The zero-order valence-corrected chi connectivity index (χ0v) is 17.0. The van der Waals surface area contributed by atoms with E-state index in [2.05, 4.69) is 15.2 Å². The lowest BCUT2D eigenvalue weighted by Crippen LogP contribution is -2.52. The number of benzene rings is 1. The normalized spacial score (nSPS) is 24.4. The maximum absolute atomic E-state index is 13.8. The molecule has 1 saturated carbocycles. The van der Waals surface area contributed by atoms with Gasteiger partial charge in [-0.3, -0.25) is 14.7 Å². The molecule has 1 aromatic carbocycles. The van der Waals surface area contributed by atoms with Gasteiger partial charge in [0.25, 0.3) is 5.91 Å². The molecule has 1 aliphatic heterocycles. The highest BCUT2D eigenvalue weighted by atomic mass is 32.2. The fraction of sp³-hybridized carbons (Fsp3) is 0.429. The van der Waals surface area contributed by atoms with E-state index < -0.39 is 15.7 Å². The van der Waals surface area contributed by atoms with Crippen molar-refractivity contribution in [2.45, 2.75) is 30.3 Å². The molecule has 6 nitrogen and oxygen atoms in total. The van der Waals surface area contributed by atoms with Crippen molar-refractivity contribution in [2.24, 2.45) is 11.8 Å². The minimum atomic E-state index is -3.19. The first-order chi connectivity index (χ1) is 13.8. The lowest BCUT2D eigenvalue weighted by Gasteiger charge is -2.38. The molecule has 1 aliphatic carbocycles. The first kappa shape index (κ1) is 20.0. The second-order valence-corrected chi connectivity index (χ2v) is 10.1. The lowest BCUT2D eigenvalue weighted by molar-refractivity contribution is 0.0821. The van der Waals surface area contributed by atoms with Gasteiger partial charge in [0, 0.05) is 38.1 Å². The Morgan fingerprint density at radius 3 is 2.41 bits per heavy atom. The largest absolute Gasteiger partial charge is 0.349 e. The molecular formula is C21H24FN3O3S. The number of rotatable bonds is 5. The Hall–Kier alpha value is -2.32. The summed E-state index contributed by atoms with van der Waals surface area (Å²) in [5.41, 5.74) is 1.10. The average Bonchev–Trinajstić information content (AvgIpc) is 2.90. The summed E-state index contributed by atoms with van der Waals surface area (Å²) in [7, 11) is -3.19. The van der Waals surface area contributed by atoms with Crippen LogP contribution in [0, 0.1) is 17.7 Å². The molecule has 154 valence electrons. The lowest BCUT2D eigenvalue weighted by atomic mass is 9.91. The molecule has 2 fully saturated rings. The van der Waals surface area contributed by atoms with E-state index in [0.29, 0.717) is 16.7 Å². The minimum absolute atomic E-state index is 0.0350. The van der Waals surface area contributed by atoms with Crippen molar-refractivity contribution in [1.29, 1.82) is 0 Å². The summed E-state index contributed by atoms with van der Waals surface area (Å²) in [5.74, 6) is -0.320. The Balaban J connectivity index is 1.39. The summed E-state index contributed by atoms with van der Waals surface area (Å²) in [6, 6.07) is 8.47. The van der Waals surface area contributed by atoms with Crippen molar-refractivity contribution in [3.8, 4) is 0 Å². The quantitative estimate of drug-likeness (QED) is 0.807. The number of halogens is 1. The number of nitrogens with zero attached hydrogens (tertiary/aromatic N) is 2. The van der Waals surface area contributed by atoms with Crippen LogP contribution in [0.5, 0.6) is 0 Å². The fourth-order valence-electron chi connectivity index (χ4n) is 4.57. The van der Waals surface area contributed by atoms with E-state index >= 15 is 0 Å². The summed E-state index contributed by atoms with van der Waals surface area (Å²) in [4.78, 5) is 18.9. The molecule has 2 atom stereocenters. The van der Waals surface area contributed by atoms with E-state index in [1.165, 1.54) is 18.5 Å². The van der Waals surface area contributed by atoms with Crippen molar-refractivity contribution in [3.63, 3.8) is 0 Å². The van der Waals surface area contributed by atoms with E-state index in [9.17, 15) is 17.6 Å². The van der Waals surface area contributed by atoms with Gasteiger partial charge in [-0.1, -0.05) is 12.1 Å². The summed E-state index contributed by atoms with van der Waals surface area (Å²) in [5, 5.41) is 3.05. The van der Waals surface area contributed by atoms with Crippen molar-refractivity contribution < 1.29 is 17.6 Å². The van der Waals surface area contributed by atoms with Crippen molar-refractivity contribution in [3.05, 3.63) is 59.7 Å². The van der Waals surface area contributed by atoms with Gasteiger partial charge in [-0.25, -0.2) is 12.8 Å². The zero-order chi connectivity index (χ0) is 20.6. The van der Waals surface area contributed by atoms with Crippen LogP contribution in [0.25, 0.3) is 0 Å². The Labute approximate surface area is 170 Å². The minimum Gasteiger partial charge on any atom is -0.349 e. The van der Waals surface area contributed by atoms with Crippen LogP contribution in [0.4, 0.5) is 4.39 Å². The molecule has 8 heteroatoms. The molecule has 1 aromatic heterocycles. The molecule has 2 unspecified atom stereocenters. The molecule has 2 aromatic rings. The predicted molar refractivity (Wildman–Crippen MR) is 106 cm³/mol. The van der Waals surface area contributed by atoms with Crippen LogP contribution < -0.4 is 5.32 Å². The third-order valence-corrected chi connectivity index (χ3v) is 7.11. The molecule has 1 amide bonds. The van der Waals surface area contributed by atoms with Crippen LogP contribution in [0.15, 0.2) is 47.6 Å². The van der Waals surface area contributed by atoms with Crippen LogP contribution in [-0.4, -0.2) is 49.6 Å². The standard InChI is InChI=1S/C21H24FN3O3S/c1-29(27,28)17-6-2-14(3-7-17)11-25-12-15-4-5-16(13-25)20(15)24-21(26)18-8-9-23-10-19(18)22/h2-3,6-10,15-16,20H,4-5,11-13H2,1H3,(H,24,26). The number of piperidine rings is 1. The van der Waals surface area contributed by atoms with Gasteiger partial charge in [0.2, 0.25) is 0 Å². The average molecular weight is 418 g/mol. The number of amides is 1. The number of hydrogen-bond acceptors (Lipinski definition) is 5. The Morgan fingerprint density at radius 2 is 1.83 bits per heavy atom. The highest BCUT2D eigenvalue weighted by molar-refractivity contribution is 7.90. The maximum Gasteiger partial charge on any atom is 0.254 e. The van der Waals surface area contributed by atoms with Crippen molar-refractivity contribution in [2.75, 3.05) is 19.3 Å². The molecule has 2 aliphatic rings. The second-order valence-electron chi connectivity index (χ2n) is 8.06. The Morgan fingerprint density at radius 1 is 1.17 bits per heavy atom. The predicted octanol–water partition coefficient (Wildman–Crippen LogP) is 2.26. The van der Waals surface area contributed by atoms with Crippen LogP contribution in [0.2, 0.25) is 0 Å². The van der Waals surface area contributed by atoms with E-state index in [0.717, 1.165) is 44.2 Å². The second kappa shape index (κ2) is 7.84. The first-order valence-corrected chi connectivity index (χ1v) is 11.6. The molecule has 4 rings (SSSR count). The highest BCUT2D eigenvalue weighted by Gasteiger charge is 2.42. The molecule has 2 heterocycles. The third kappa shape index (κ3) is 4.33. The van der Waals surface area contributed by atoms with Crippen LogP contribution >= 0.6 is 0 Å². The number of fused-ring (bicyclic) bond motifs is 2. The van der Waals surface area contributed by atoms with Gasteiger partial charge in [0.15, 0.2) is 15.7 Å². The van der Waals surface area contributed by atoms with Crippen molar-refractivity contribution in [1.82, 2.24) is 15.2 Å². The van der Waals surface area contributed by atoms with E-state index in [-0.39, 0.29) is 17.5 Å². The van der Waals surface area contributed by atoms with E-state index in [1.807, 2.05) is 12.1 Å². The van der Waals surface area contributed by atoms with Crippen LogP contribution in [0.3, 0.4) is 0 Å². The van der Waals surface area contributed by atoms with Crippen LogP contribution in [0.1, 0.15) is 28.8 Å². The highest BCUT2D eigenvalue weighted by Crippen LogP contribution is 2.37. The van der Waals surface area contributed by atoms with E-state index in [4.69, 9.17) is 0 Å². The van der Waals surface area contributed by atoms with Gasteiger partial charge in [-0.2, -0.15) is 0 Å². The number of pyridine rings is 1. The van der Waals surface area contributed by atoms with Gasteiger partial charge in [-0.05, 0) is 48.4 Å². The Bertz CT molecular complexity index is 996. The Kier molecular flexibility index (Phi) is 5.40. The molecule has 0 radical (unpaired) electrons. The van der Waals surface area contributed by atoms with Gasteiger partial charge in [-0.15, -0.1) is 0 Å². The molecular weight excluding hydrogens is 393 g/mol. The smallest absolute Gasteiger partial charge is 0.254 e. The number of nitrogens with one attached hydrogen (secondary N) is 1. The topological polar surface area (TPSA) is 79.4 Å². The summed E-state index contributed by atoms with van der Waals surface area (Å²) >= 11 is 0. The van der Waals surface area contributed by atoms with Gasteiger partial charge >= 0.3 is 0 Å². The molecule has 1 saturated heterocycles. The van der Waals surface area contributed by atoms with Crippen LogP contribution in [-0.2, 0) is 16.4 Å². The number of carbonyl (C=O) groups is 1. The first-order valence-electron chi connectivity index (χ1n) is 9.73. The summed E-state index contributed by atoms with van der Waals surface area (Å²) in [6.07, 6.45) is 5.76. The number of sulfone groups is 1. The molecule has 29 heavy (non-hydrogen) atoms. The van der Waals surface area contributed by atoms with Gasteiger partial charge in [0.05, 0.1) is 16.7 Å². The number of aromatic nitrogens is 1. The number of likely N-dealkylation sites (tertiary alicyclic amines) is 1. The number of hydrogen-bond donors (Lipinski definition) is 1. The fourth-order valence-corrected chi connectivity index (χ4v) is 5.20. The van der Waals surface area contributed by atoms with E-state index in [1.54, 1.807) is 12.1 Å². The summed E-state index contributed by atoms with van der Waals surface area (Å²) in [6.45, 7) is 2.46. The number of carbonyl (C=O) groups excluding carboxylic acids is 1. The zero-order valence-electron chi connectivity index (χ0n) is 16.2. The molecule has 1 N–H and O–H groups in total.